The standard InChI is InChI=1S/C11H17N5O3/c1-3-15-7-8(13-10(15)12-5-6-17)16(4-2)11(19)14-9(7)18/h17H,3-6H2,1-2H3,(H,12,13)(H,14,18,19). The van der Waals surface area contributed by atoms with Gasteiger partial charge in [-0.3, -0.25) is 14.3 Å². The molecule has 0 radical (unpaired) electrons. The number of fused-ring (bicyclic) bond motifs is 1. The Hall–Kier alpha value is -2.09. The second kappa shape index (κ2) is 5.27. The predicted molar refractivity (Wildman–Crippen MR) is 71.5 cm³/mol. The van der Waals surface area contributed by atoms with Crippen molar-refractivity contribution in [2.75, 3.05) is 18.5 Å². The van der Waals surface area contributed by atoms with E-state index in [-0.39, 0.29) is 6.61 Å². The molecule has 0 amide bonds. The van der Waals surface area contributed by atoms with Crippen molar-refractivity contribution < 1.29 is 5.11 Å². The van der Waals surface area contributed by atoms with Crippen molar-refractivity contribution in [2.24, 2.45) is 0 Å². The zero-order chi connectivity index (χ0) is 14.0. The van der Waals surface area contributed by atoms with Gasteiger partial charge in [0.05, 0.1) is 6.61 Å². The molecule has 0 unspecified atom stereocenters. The summed E-state index contributed by atoms with van der Waals surface area (Å²) in [5, 5.41) is 11.8. The SMILES string of the molecule is CCn1c(NCCO)nc2c1c(=O)[nH]c(=O)n2CC. The van der Waals surface area contributed by atoms with Crippen molar-refractivity contribution in [1.29, 1.82) is 0 Å². The van der Waals surface area contributed by atoms with E-state index in [0.29, 0.717) is 36.7 Å². The molecule has 0 spiro atoms. The normalized spacial score (nSPS) is 11.1. The van der Waals surface area contributed by atoms with E-state index in [1.807, 2.05) is 13.8 Å². The third kappa shape index (κ3) is 2.14. The van der Waals surface area contributed by atoms with Gasteiger partial charge >= 0.3 is 5.69 Å². The van der Waals surface area contributed by atoms with Crippen LogP contribution in [0.1, 0.15) is 13.8 Å². The number of nitrogens with one attached hydrogen (secondary N) is 2. The fourth-order valence-electron chi connectivity index (χ4n) is 2.08. The Morgan fingerprint density at radius 1 is 1.26 bits per heavy atom. The molecular formula is C11H17N5O3. The van der Waals surface area contributed by atoms with Crippen LogP contribution in [0.15, 0.2) is 9.59 Å². The molecular weight excluding hydrogens is 250 g/mol. The molecule has 0 aliphatic heterocycles. The van der Waals surface area contributed by atoms with Crippen LogP contribution in [0.5, 0.6) is 0 Å². The Morgan fingerprint density at radius 2 is 1.95 bits per heavy atom. The Labute approximate surface area is 108 Å². The largest absolute Gasteiger partial charge is 0.395 e. The third-order valence-electron chi connectivity index (χ3n) is 2.91. The molecule has 8 heteroatoms. The molecule has 2 aromatic rings. The molecule has 2 rings (SSSR count). The number of aryl methyl sites for hydroxylation is 2. The maximum absolute atomic E-state index is 11.9. The number of nitrogens with zero attached hydrogens (tertiary/aromatic N) is 3. The minimum atomic E-state index is -0.463. The first-order valence-corrected chi connectivity index (χ1v) is 6.22. The molecule has 0 fully saturated rings. The molecule has 104 valence electrons. The summed E-state index contributed by atoms with van der Waals surface area (Å²) in [7, 11) is 0. The van der Waals surface area contributed by atoms with Gasteiger partial charge in [-0.05, 0) is 13.8 Å². The van der Waals surface area contributed by atoms with Gasteiger partial charge in [0.15, 0.2) is 11.2 Å². The van der Waals surface area contributed by atoms with Crippen molar-refractivity contribution in [2.45, 2.75) is 26.9 Å². The highest BCUT2D eigenvalue weighted by Gasteiger charge is 2.16. The number of aromatic amines is 1. The van der Waals surface area contributed by atoms with Gasteiger partial charge in [0.2, 0.25) is 5.95 Å². The van der Waals surface area contributed by atoms with E-state index < -0.39 is 11.2 Å². The van der Waals surface area contributed by atoms with E-state index in [4.69, 9.17) is 5.11 Å². The van der Waals surface area contributed by atoms with Gasteiger partial charge in [-0.15, -0.1) is 0 Å². The topological polar surface area (TPSA) is 105 Å². The number of aliphatic hydroxyl groups is 1. The minimum Gasteiger partial charge on any atom is -0.395 e. The lowest BCUT2D eigenvalue weighted by Gasteiger charge is -2.06. The number of aromatic nitrogens is 4. The van der Waals surface area contributed by atoms with Crippen LogP contribution in [0.2, 0.25) is 0 Å². The first-order chi connectivity index (χ1) is 9.13. The number of hydrogen-bond donors (Lipinski definition) is 3. The smallest absolute Gasteiger partial charge is 0.330 e. The van der Waals surface area contributed by atoms with Crippen LogP contribution in [-0.4, -0.2) is 37.4 Å². The van der Waals surface area contributed by atoms with Crippen LogP contribution in [0, 0.1) is 0 Å². The van der Waals surface area contributed by atoms with Gasteiger partial charge in [-0.25, -0.2) is 4.79 Å². The average Bonchev–Trinajstić information content (AvgIpc) is 2.75. The second-order valence-corrected chi connectivity index (χ2v) is 4.01. The Morgan fingerprint density at radius 3 is 2.53 bits per heavy atom. The molecule has 2 heterocycles. The fraction of sp³-hybridized carbons (Fsp3) is 0.545. The van der Waals surface area contributed by atoms with Crippen molar-refractivity contribution in [3.8, 4) is 0 Å². The summed E-state index contributed by atoms with van der Waals surface area (Å²) in [4.78, 5) is 30.2. The Bertz CT molecular complexity index is 697. The molecule has 0 aromatic carbocycles. The highest BCUT2D eigenvalue weighted by atomic mass is 16.3. The molecule has 0 aliphatic rings. The van der Waals surface area contributed by atoms with Crippen molar-refractivity contribution in [3.63, 3.8) is 0 Å². The molecule has 3 N–H and O–H groups in total. The number of hydrogen-bond acceptors (Lipinski definition) is 5. The number of anilines is 1. The quantitative estimate of drug-likeness (QED) is 0.666. The monoisotopic (exact) mass is 267 g/mol. The minimum absolute atomic E-state index is 0.0378. The first-order valence-electron chi connectivity index (χ1n) is 6.22. The highest BCUT2D eigenvalue weighted by molar-refractivity contribution is 5.74. The van der Waals surface area contributed by atoms with Crippen LogP contribution in [0.3, 0.4) is 0 Å². The van der Waals surface area contributed by atoms with Gasteiger partial charge in [-0.1, -0.05) is 0 Å². The lowest BCUT2D eigenvalue weighted by molar-refractivity contribution is 0.310. The van der Waals surface area contributed by atoms with E-state index in [2.05, 4.69) is 15.3 Å². The maximum Gasteiger partial charge on any atom is 0.330 e. The Balaban J connectivity index is 2.77. The second-order valence-electron chi connectivity index (χ2n) is 4.01. The molecule has 0 saturated carbocycles. The van der Waals surface area contributed by atoms with Crippen molar-refractivity contribution in [3.05, 3.63) is 20.8 Å². The fourth-order valence-corrected chi connectivity index (χ4v) is 2.08. The molecule has 8 nitrogen and oxygen atoms in total. The molecule has 2 aromatic heterocycles. The van der Waals surface area contributed by atoms with Gasteiger partial charge < -0.3 is 15.0 Å². The predicted octanol–water partition coefficient (Wildman–Crippen LogP) is -0.670. The first kappa shape index (κ1) is 13.3. The van der Waals surface area contributed by atoms with E-state index in [9.17, 15) is 9.59 Å². The zero-order valence-electron chi connectivity index (χ0n) is 10.9. The van der Waals surface area contributed by atoms with Gasteiger partial charge in [0, 0.05) is 19.6 Å². The summed E-state index contributed by atoms with van der Waals surface area (Å²) >= 11 is 0. The summed E-state index contributed by atoms with van der Waals surface area (Å²) < 4.78 is 3.10. The number of aliphatic hydroxyl groups excluding tert-OH is 1. The summed E-state index contributed by atoms with van der Waals surface area (Å²) in [6, 6.07) is 0. The van der Waals surface area contributed by atoms with E-state index in [0.717, 1.165) is 0 Å². The van der Waals surface area contributed by atoms with Gasteiger partial charge in [0.25, 0.3) is 5.56 Å². The third-order valence-corrected chi connectivity index (χ3v) is 2.91. The highest BCUT2D eigenvalue weighted by Crippen LogP contribution is 2.15. The van der Waals surface area contributed by atoms with Crippen molar-refractivity contribution >= 4 is 17.1 Å². The summed E-state index contributed by atoms with van der Waals surface area (Å²) in [5.74, 6) is 0.477. The van der Waals surface area contributed by atoms with E-state index in [1.54, 1.807) is 4.57 Å². The molecule has 0 bridgehead atoms. The maximum atomic E-state index is 11.9. The van der Waals surface area contributed by atoms with Crippen LogP contribution >= 0.6 is 0 Å². The molecule has 19 heavy (non-hydrogen) atoms. The molecule has 0 saturated heterocycles. The van der Waals surface area contributed by atoms with Crippen LogP contribution < -0.4 is 16.6 Å². The van der Waals surface area contributed by atoms with Crippen LogP contribution in [0.25, 0.3) is 11.2 Å². The van der Waals surface area contributed by atoms with Crippen molar-refractivity contribution in [1.82, 2.24) is 19.1 Å². The zero-order valence-corrected chi connectivity index (χ0v) is 10.9. The van der Waals surface area contributed by atoms with Crippen LogP contribution in [-0.2, 0) is 13.1 Å². The number of H-pyrrole nitrogens is 1. The number of imidazole rings is 1. The Kier molecular flexibility index (Phi) is 3.70. The van der Waals surface area contributed by atoms with E-state index in [1.165, 1.54) is 4.57 Å². The molecule has 0 aliphatic carbocycles. The van der Waals surface area contributed by atoms with Gasteiger partial charge in [-0.2, -0.15) is 4.98 Å². The average molecular weight is 267 g/mol. The summed E-state index contributed by atoms with van der Waals surface area (Å²) in [6.07, 6.45) is 0. The number of rotatable bonds is 5. The lowest BCUT2D eigenvalue weighted by atomic mass is 10.5. The summed E-state index contributed by atoms with van der Waals surface area (Å²) in [6.45, 7) is 4.94. The van der Waals surface area contributed by atoms with E-state index >= 15 is 0 Å². The summed E-state index contributed by atoms with van der Waals surface area (Å²) in [5.41, 5.74) is -0.187. The van der Waals surface area contributed by atoms with Crippen LogP contribution in [0.4, 0.5) is 5.95 Å². The lowest BCUT2D eigenvalue weighted by Crippen LogP contribution is -2.30. The van der Waals surface area contributed by atoms with Gasteiger partial charge in [0.1, 0.15) is 0 Å². The molecule has 0 atom stereocenters.